The van der Waals surface area contributed by atoms with E-state index in [1.165, 1.54) is 0 Å². The second-order valence-corrected chi connectivity index (χ2v) is 6.20. The third kappa shape index (κ3) is 2.55. The van der Waals surface area contributed by atoms with Crippen molar-refractivity contribution in [3.63, 3.8) is 0 Å². The first-order valence-corrected chi connectivity index (χ1v) is 6.24. The molecular formula is C12H16F3NO4. The number of carbonyl (C=O) groups is 2. The summed E-state index contributed by atoms with van der Waals surface area (Å²) < 4.78 is 43.2. The van der Waals surface area contributed by atoms with E-state index in [9.17, 15) is 22.8 Å². The van der Waals surface area contributed by atoms with E-state index >= 15 is 0 Å². The molecule has 1 aliphatic carbocycles. The lowest BCUT2D eigenvalue weighted by Gasteiger charge is -2.29. The Morgan fingerprint density at radius 3 is 2.20 bits per heavy atom. The van der Waals surface area contributed by atoms with Crippen LogP contribution in [0.2, 0.25) is 0 Å². The average Bonchev–Trinajstić information content (AvgIpc) is 2.77. The highest BCUT2D eigenvalue weighted by molar-refractivity contribution is 5.82. The van der Waals surface area contributed by atoms with Crippen LogP contribution in [0.15, 0.2) is 0 Å². The van der Waals surface area contributed by atoms with Gasteiger partial charge >= 0.3 is 18.2 Å². The first-order valence-electron chi connectivity index (χ1n) is 6.24. The van der Waals surface area contributed by atoms with Gasteiger partial charge in [0.05, 0.1) is 12.0 Å². The quantitative estimate of drug-likeness (QED) is 0.805. The number of piperidine rings is 1. The SMILES string of the molecule is CC(C)(C)OC(=O)N1[C@H]2[C@@H](C[C@H]1C(=O)O)[C@@H]2C(F)(F)F. The fourth-order valence-corrected chi connectivity index (χ4v) is 2.82. The number of carboxylic acid groups (broad SMARTS) is 1. The van der Waals surface area contributed by atoms with Crippen molar-refractivity contribution in [2.45, 2.75) is 51.1 Å². The van der Waals surface area contributed by atoms with Gasteiger partial charge in [0.1, 0.15) is 11.6 Å². The maximum absolute atomic E-state index is 12.7. The third-order valence-electron chi connectivity index (χ3n) is 3.55. The van der Waals surface area contributed by atoms with E-state index in [1.807, 2.05) is 0 Å². The zero-order chi connectivity index (χ0) is 15.5. The predicted molar refractivity (Wildman–Crippen MR) is 60.9 cm³/mol. The molecule has 0 aromatic rings. The Morgan fingerprint density at radius 1 is 1.25 bits per heavy atom. The van der Waals surface area contributed by atoms with Gasteiger partial charge in [0.15, 0.2) is 0 Å². The number of halogens is 3. The van der Waals surface area contributed by atoms with Crippen molar-refractivity contribution >= 4 is 12.1 Å². The molecule has 0 aromatic carbocycles. The van der Waals surface area contributed by atoms with Crippen LogP contribution in [0, 0.1) is 11.8 Å². The van der Waals surface area contributed by atoms with Crippen molar-refractivity contribution in [3.05, 3.63) is 0 Å². The molecule has 114 valence electrons. The number of fused-ring (bicyclic) bond motifs is 1. The Morgan fingerprint density at radius 2 is 1.80 bits per heavy atom. The van der Waals surface area contributed by atoms with Crippen LogP contribution in [0.3, 0.4) is 0 Å². The number of likely N-dealkylation sites (tertiary alicyclic amines) is 1. The monoisotopic (exact) mass is 295 g/mol. The summed E-state index contributed by atoms with van der Waals surface area (Å²) >= 11 is 0. The van der Waals surface area contributed by atoms with Crippen LogP contribution in [-0.2, 0) is 9.53 Å². The van der Waals surface area contributed by atoms with E-state index in [2.05, 4.69) is 0 Å². The first kappa shape index (κ1) is 14.9. The minimum atomic E-state index is -4.42. The smallest absolute Gasteiger partial charge is 0.411 e. The molecule has 1 amide bonds. The summed E-state index contributed by atoms with van der Waals surface area (Å²) in [5.74, 6) is -3.77. The zero-order valence-corrected chi connectivity index (χ0v) is 11.3. The van der Waals surface area contributed by atoms with Gasteiger partial charge in [0.25, 0.3) is 0 Å². The molecule has 2 fully saturated rings. The highest BCUT2D eigenvalue weighted by Gasteiger charge is 2.73. The molecular weight excluding hydrogens is 279 g/mol. The number of carbonyl (C=O) groups excluding carboxylic acids is 1. The Kier molecular flexibility index (Phi) is 3.18. The minimum Gasteiger partial charge on any atom is -0.480 e. The van der Waals surface area contributed by atoms with Gasteiger partial charge in [-0.15, -0.1) is 0 Å². The van der Waals surface area contributed by atoms with Crippen molar-refractivity contribution in [2.24, 2.45) is 11.8 Å². The lowest BCUT2D eigenvalue weighted by molar-refractivity contribution is -0.162. The van der Waals surface area contributed by atoms with Crippen LogP contribution in [0.1, 0.15) is 27.2 Å². The predicted octanol–water partition coefficient (Wildman–Crippen LogP) is 2.26. The largest absolute Gasteiger partial charge is 0.480 e. The molecule has 1 heterocycles. The summed E-state index contributed by atoms with van der Waals surface area (Å²) in [5.41, 5.74) is -0.888. The van der Waals surface area contributed by atoms with Gasteiger partial charge in [-0.1, -0.05) is 0 Å². The summed E-state index contributed by atoms with van der Waals surface area (Å²) in [6.07, 6.45) is -5.59. The molecule has 1 N–H and O–H groups in total. The van der Waals surface area contributed by atoms with Crippen molar-refractivity contribution < 1.29 is 32.6 Å². The molecule has 0 unspecified atom stereocenters. The number of alkyl halides is 3. The number of ether oxygens (including phenoxy) is 1. The molecule has 0 bridgehead atoms. The summed E-state index contributed by atoms with van der Waals surface area (Å²) in [6, 6.07) is -2.34. The van der Waals surface area contributed by atoms with Crippen LogP contribution in [0.25, 0.3) is 0 Å². The lowest BCUT2D eigenvalue weighted by Crippen LogP contribution is -2.47. The summed E-state index contributed by atoms with van der Waals surface area (Å²) in [4.78, 5) is 23.8. The fourth-order valence-electron chi connectivity index (χ4n) is 2.82. The molecule has 4 atom stereocenters. The number of nitrogens with zero attached hydrogens (tertiary/aromatic N) is 1. The molecule has 1 saturated heterocycles. The number of rotatable bonds is 1. The second kappa shape index (κ2) is 4.26. The van der Waals surface area contributed by atoms with E-state index in [1.54, 1.807) is 20.8 Å². The van der Waals surface area contributed by atoms with Crippen molar-refractivity contribution in [2.75, 3.05) is 0 Å². The van der Waals surface area contributed by atoms with E-state index in [-0.39, 0.29) is 6.42 Å². The minimum absolute atomic E-state index is 0.177. The van der Waals surface area contributed by atoms with E-state index in [4.69, 9.17) is 9.84 Å². The molecule has 1 saturated carbocycles. The maximum atomic E-state index is 12.7. The van der Waals surface area contributed by atoms with Crippen molar-refractivity contribution in [3.8, 4) is 0 Å². The van der Waals surface area contributed by atoms with Gasteiger partial charge in [-0.25, -0.2) is 9.59 Å². The van der Waals surface area contributed by atoms with Crippen LogP contribution < -0.4 is 0 Å². The number of amides is 1. The molecule has 8 heteroatoms. The number of hydrogen-bond acceptors (Lipinski definition) is 3. The van der Waals surface area contributed by atoms with E-state index < -0.39 is 47.8 Å². The molecule has 5 nitrogen and oxygen atoms in total. The Bertz CT molecular complexity index is 443. The topological polar surface area (TPSA) is 66.8 Å². The van der Waals surface area contributed by atoms with Gasteiger partial charge in [0.2, 0.25) is 0 Å². The summed E-state index contributed by atoms with van der Waals surface area (Å²) in [6.45, 7) is 4.72. The molecule has 0 radical (unpaired) electrons. The zero-order valence-electron chi connectivity index (χ0n) is 11.3. The Balaban J connectivity index is 2.18. The Hall–Kier alpha value is -1.47. The van der Waals surface area contributed by atoms with E-state index in [0.717, 1.165) is 4.90 Å². The molecule has 1 aliphatic heterocycles. The summed E-state index contributed by atoms with van der Waals surface area (Å²) in [7, 11) is 0. The number of carboxylic acids is 1. The van der Waals surface area contributed by atoms with Gasteiger partial charge in [-0.05, 0) is 33.1 Å². The normalized spacial score (nSPS) is 32.8. The van der Waals surface area contributed by atoms with Crippen LogP contribution in [0.5, 0.6) is 0 Å². The van der Waals surface area contributed by atoms with Crippen LogP contribution >= 0.6 is 0 Å². The molecule has 2 rings (SSSR count). The van der Waals surface area contributed by atoms with Gasteiger partial charge in [-0.3, -0.25) is 4.90 Å². The highest BCUT2D eigenvalue weighted by atomic mass is 19.4. The molecule has 0 aromatic heterocycles. The molecule has 20 heavy (non-hydrogen) atoms. The van der Waals surface area contributed by atoms with Crippen LogP contribution in [0.4, 0.5) is 18.0 Å². The third-order valence-corrected chi connectivity index (χ3v) is 3.55. The van der Waals surface area contributed by atoms with Gasteiger partial charge in [-0.2, -0.15) is 13.2 Å². The van der Waals surface area contributed by atoms with Crippen LogP contribution in [-0.4, -0.2) is 45.9 Å². The van der Waals surface area contributed by atoms with Crippen molar-refractivity contribution in [1.29, 1.82) is 0 Å². The van der Waals surface area contributed by atoms with Gasteiger partial charge in [0, 0.05) is 0 Å². The molecule has 0 spiro atoms. The highest BCUT2D eigenvalue weighted by Crippen LogP contribution is 2.60. The number of hydrogen-bond donors (Lipinski definition) is 1. The van der Waals surface area contributed by atoms with E-state index in [0.29, 0.717) is 0 Å². The average molecular weight is 295 g/mol. The summed E-state index contributed by atoms with van der Waals surface area (Å²) in [5, 5.41) is 9.03. The lowest BCUT2D eigenvalue weighted by atomic mass is 10.1. The molecule has 2 aliphatic rings. The standard InChI is InChI=1S/C12H16F3NO4/c1-11(2,3)20-10(19)16-6(9(17)18)4-5-7(8(5)16)12(13,14)15/h5-8H,4H2,1-3H3,(H,17,18)/t5-,6-,7-,8-/m0/s1. The fraction of sp³-hybridized carbons (Fsp3) is 0.833. The first-order chi connectivity index (χ1) is 8.93. The second-order valence-electron chi connectivity index (χ2n) is 6.20. The van der Waals surface area contributed by atoms with Crippen molar-refractivity contribution in [1.82, 2.24) is 4.90 Å². The Labute approximate surface area is 113 Å². The van der Waals surface area contributed by atoms with Gasteiger partial charge < -0.3 is 9.84 Å². The number of aliphatic carboxylic acids is 1. The maximum Gasteiger partial charge on any atom is 0.411 e.